The summed E-state index contributed by atoms with van der Waals surface area (Å²) in [7, 11) is 0. The van der Waals surface area contributed by atoms with E-state index in [9.17, 15) is 4.79 Å². The van der Waals surface area contributed by atoms with Gasteiger partial charge in [-0.15, -0.1) is 0 Å². The number of carbonyl (C=O) groups is 1. The maximum atomic E-state index is 12.5. The van der Waals surface area contributed by atoms with Crippen LogP contribution in [0.1, 0.15) is 31.2 Å². The minimum absolute atomic E-state index is 0.143. The van der Waals surface area contributed by atoms with Crippen molar-refractivity contribution in [2.24, 2.45) is 0 Å². The standard InChI is InChI=1S/C17H24N2O2/c20-17(19-14-6-7-14)16(12-13-4-2-1-3-5-13)18-15-8-10-21-11-9-15/h1-5,14-16,18H,6-12H2,(H,19,20). The van der Waals surface area contributed by atoms with Crippen molar-refractivity contribution >= 4 is 5.91 Å². The first kappa shape index (κ1) is 14.5. The summed E-state index contributed by atoms with van der Waals surface area (Å²) in [6, 6.07) is 10.9. The molecule has 0 spiro atoms. The fourth-order valence-electron chi connectivity index (χ4n) is 2.76. The first-order chi connectivity index (χ1) is 10.3. The molecule has 0 bridgehead atoms. The molecule has 1 heterocycles. The number of rotatable bonds is 6. The molecule has 0 aromatic heterocycles. The highest BCUT2D eigenvalue weighted by Gasteiger charge is 2.29. The topological polar surface area (TPSA) is 50.4 Å². The van der Waals surface area contributed by atoms with E-state index in [1.165, 1.54) is 5.56 Å². The summed E-state index contributed by atoms with van der Waals surface area (Å²) in [6.45, 7) is 1.58. The van der Waals surface area contributed by atoms with Gasteiger partial charge in [0.15, 0.2) is 0 Å². The molecule has 1 amide bonds. The van der Waals surface area contributed by atoms with Crippen LogP contribution in [0.25, 0.3) is 0 Å². The second-order valence-electron chi connectivity index (χ2n) is 6.08. The van der Waals surface area contributed by atoms with E-state index >= 15 is 0 Å². The van der Waals surface area contributed by atoms with Crippen LogP contribution in [-0.4, -0.2) is 37.2 Å². The Morgan fingerprint density at radius 3 is 2.48 bits per heavy atom. The van der Waals surface area contributed by atoms with E-state index in [4.69, 9.17) is 4.74 Å². The van der Waals surface area contributed by atoms with Crippen LogP contribution >= 0.6 is 0 Å². The van der Waals surface area contributed by atoms with Gasteiger partial charge in [0.25, 0.3) is 0 Å². The third-order valence-corrected chi connectivity index (χ3v) is 4.18. The molecule has 114 valence electrons. The minimum Gasteiger partial charge on any atom is -0.381 e. The van der Waals surface area contributed by atoms with Crippen molar-refractivity contribution in [1.82, 2.24) is 10.6 Å². The molecule has 3 rings (SSSR count). The van der Waals surface area contributed by atoms with Gasteiger partial charge in [-0.25, -0.2) is 0 Å². The van der Waals surface area contributed by atoms with E-state index in [0.29, 0.717) is 12.1 Å². The SMILES string of the molecule is O=C(NC1CC1)C(Cc1ccccc1)NC1CCOCC1. The highest BCUT2D eigenvalue weighted by Crippen LogP contribution is 2.19. The molecule has 1 unspecified atom stereocenters. The van der Waals surface area contributed by atoms with Gasteiger partial charge in [0.05, 0.1) is 6.04 Å². The van der Waals surface area contributed by atoms with Crippen LogP contribution in [0.3, 0.4) is 0 Å². The molecule has 2 fully saturated rings. The van der Waals surface area contributed by atoms with E-state index in [0.717, 1.165) is 45.3 Å². The van der Waals surface area contributed by atoms with Crippen molar-refractivity contribution < 1.29 is 9.53 Å². The van der Waals surface area contributed by atoms with Crippen LogP contribution in [0.2, 0.25) is 0 Å². The molecule has 1 aromatic rings. The van der Waals surface area contributed by atoms with Gasteiger partial charge in [-0.2, -0.15) is 0 Å². The Kier molecular flexibility index (Phi) is 4.88. The van der Waals surface area contributed by atoms with E-state index < -0.39 is 0 Å². The molecule has 1 saturated heterocycles. The van der Waals surface area contributed by atoms with Crippen molar-refractivity contribution in [2.75, 3.05) is 13.2 Å². The van der Waals surface area contributed by atoms with Crippen LogP contribution in [0.5, 0.6) is 0 Å². The lowest BCUT2D eigenvalue weighted by atomic mass is 10.0. The fraction of sp³-hybridized carbons (Fsp3) is 0.588. The molecular weight excluding hydrogens is 264 g/mol. The average molecular weight is 288 g/mol. The molecule has 1 aliphatic carbocycles. The molecule has 1 aromatic carbocycles. The summed E-state index contributed by atoms with van der Waals surface area (Å²) in [5.74, 6) is 0.146. The Balaban J connectivity index is 1.62. The molecule has 4 heteroatoms. The molecule has 1 atom stereocenters. The lowest BCUT2D eigenvalue weighted by Gasteiger charge is -2.28. The lowest BCUT2D eigenvalue weighted by molar-refractivity contribution is -0.123. The zero-order valence-corrected chi connectivity index (χ0v) is 12.4. The highest BCUT2D eigenvalue weighted by atomic mass is 16.5. The summed E-state index contributed by atoms with van der Waals surface area (Å²) in [5.41, 5.74) is 1.20. The van der Waals surface area contributed by atoms with Crippen molar-refractivity contribution in [1.29, 1.82) is 0 Å². The Hall–Kier alpha value is -1.39. The number of benzene rings is 1. The van der Waals surface area contributed by atoms with Crippen LogP contribution in [0, 0.1) is 0 Å². The summed E-state index contributed by atoms with van der Waals surface area (Å²) in [5, 5.41) is 6.68. The van der Waals surface area contributed by atoms with Crippen molar-refractivity contribution in [3.8, 4) is 0 Å². The molecule has 1 aliphatic heterocycles. The predicted molar refractivity (Wildman–Crippen MR) is 82.1 cm³/mol. The van der Waals surface area contributed by atoms with E-state index in [2.05, 4.69) is 22.8 Å². The third kappa shape index (κ3) is 4.55. The van der Waals surface area contributed by atoms with Crippen molar-refractivity contribution in [3.05, 3.63) is 35.9 Å². The van der Waals surface area contributed by atoms with Crippen molar-refractivity contribution in [3.63, 3.8) is 0 Å². The quantitative estimate of drug-likeness (QED) is 0.837. The van der Waals surface area contributed by atoms with E-state index in [1.807, 2.05) is 18.2 Å². The predicted octanol–water partition coefficient (Wildman–Crippen LogP) is 1.64. The fourth-order valence-corrected chi connectivity index (χ4v) is 2.76. The number of carbonyl (C=O) groups excluding carboxylic acids is 1. The summed E-state index contributed by atoms with van der Waals surface area (Å²) in [6.07, 6.45) is 4.98. The van der Waals surface area contributed by atoms with Gasteiger partial charge in [-0.3, -0.25) is 4.79 Å². The normalized spacial score (nSPS) is 21.0. The molecule has 1 saturated carbocycles. The second kappa shape index (κ2) is 7.05. The van der Waals surface area contributed by atoms with Gasteiger partial charge in [-0.05, 0) is 37.7 Å². The Morgan fingerprint density at radius 2 is 1.81 bits per heavy atom. The lowest BCUT2D eigenvalue weighted by Crippen LogP contribution is -2.51. The van der Waals surface area contributed by atoms with Gasteiger partial charge in [0.2, 0.25) is 5.91 Å². The number of ether oxygens (including phenoxy) is 1. The molecule has 2 aliphatic rings. The summed E-state index contributed by atoms with van der Waals surface area (Å²) in [4.78, 5) is 12.5. The maximum absolute atomic E-state index is 12.5. The zero-order chi connectivity index (χ0) is 14.5. The summed E-state index contributed by atoms with van der Waals surface area (Å²) < 4.78 is 5.39. The van der Waals surface area contributed by atoms with E-state index in [-0.39, 0.29) is 11.9 Å². The second-order valence-corrected chi connectivity index (χ2v) is 6.08. The third-order valence-electron chi connectivity index (χ3n) is 4.18. The molecular formula is C17H24N2O2. The van der Waals surface area contributed by atoms with Crippen LogP contribution in [-0.2, 0) is 16.0 Å². The number of hydrogen-bond acceptors (Lipinski definition) is 3. The maximum Gasteiger partial charge on any atom is 0.237 e. The molecule has 0 radical (unpaired) electrons. The average Bonchev–Trinajstić information content (AvgIpc) is 3.33. The van der Waals surface area contributed by atoms with Crippen LogP contribution in [0.15, 0.2) is 30.3 Å². The van der Waals surface area contributed by atoms with Gasteiger partial charge < -0.3 is 15.4 Å². The van der Waals surface area contributed by atoms with E-state index in [1.54, 1.807) is 0 Å². The monoisotopic (exact) mass is 288 g/mol. The Bertz CT molecular complexity index is 453. The summed E-state index contributed by atoms with van der Waals surface area (Å²) >= 11 is 0. The number of hydrogen-bond donors (Lipinski definition) is 2. The zero-order valence-electron chi connectivity index (χ0n) is 12.4. The molecule has 2 N–H and O–H groups in total. The van der Waals surface area contributed by atoms with Gasteiger partial charge >= 0.3 is 0 Å². The van der Waals surface area contributed by atoms with Crippen molar-refractivity contribution in [2.45, 2.75) is 50.2 Å². The largest absolute Gasteiger partial charge is 0.381 e. The Labute approximate surface area is 126 Å². The number of amides is 1. The molecule has 21 heavy (non-hydrogen) atoms. The molecule has 4 nitrogen and oxygen atoms in total. The Morgan fingerprint density at radius 1 is 1.10 bits per heavy atom. The number of nitrogens with one attached hydrogen (secondary N) is 2. The first-order valence-electron chi connectivity index (χ1n) is 7.99. The minimum atomic E-state index is -0.143. The van der Waals surface area contributed by atoms with Gasteiger partial charge in [0.1, 0.15) is 0 Å². The van der Waals surface area contributed by atoms with Gasteiger partial charge in [-0.1, -0.05) is 30.3 Å². The first-order valence-corrected chi connectivity index (χ1v) is 7.99. The highest BCUT2D eigenvalue weighted by molar-refractivity contribution is 5.82. The van der Waals surface area contributed by atoms with Crippen LogP contribution in [0.4, 0.5) is 0 Å². The van der Waals surface area contributed by atoms with Crippen LogP contribution < -0.4 is 10.6 Å². The smallest absolute Gasteiger partial charge is 0.237 e. The van der Waals surface area contributed by atoms with Gasteiger partial charge in [0, 0.05) is 25.3 Å².